The van der Waals surface area contributed by atoms with Gasteiger partial charge in [0.25, 0.3) is 0 Å². The van der Waals surface area contributed by atoms with Crippen molar-refractivity contribution in [1.82, 2.24) is 15.2 Å². The molecule has 1 heterocycles. The Morgan fingerprint density at radius 3 is 2.57 bits per heavy atom. The van der Waals surface area contributed by atoms with E-state index >= 15 is 0 Å². The first kappa shape index (κ1) is 16.3. The Bertz CT molecular complexity index is 482. The van der Waals surface area contributed by atoms with Gasteiger partial charge in [0, 0.05) is 23.2 Å². The molecule has 1 aliphatic carbocycles. The van der Waals surface area contributed by atoms with Gasteiger partial charge in [-0.3, -0.25) is 0 Å². The Morgan fingerprint density at radius 2 is 2.10 bits per heavy atom. The molecule has 1 aliphatic rings. The van der Waals surface area contributed by atoms with Crippen LogP contribution in [0.4, 0.5) is 4.79 Å². The summed E-state index contributed by atoms with van der Waals surface area (Å²) < 4.78 is 0. The molecule has 0 bridgehead atoms. The maximum Gasteiger partial charge on any atom is 0.318 e. The molecule has 0 aliphatic heterocycles. The molecule has 118 valence electrons. The fourth-order valence-corrected chi connectivity index (χ4v) is 3.22. The van der Waals surface area contributed by atoms with Crippen molar-refractivity contribution in [2.75, 3.05) is 0 Å². The Balaban J connectivity index is 2.01. The van der Waals surface area contributed by atoms with Gasteiger partial charge in [-0.15, -0.1) is 11.3 Å². The van der Waals surface area contributed by atoms with E-state index in [1.54, 1.807) is 11.3 Å². The first-order valence-electron chi connectivity index (χ1n) is 7.97. The molecule has 5 heteroatoms. The van der Waals surface area contributed by atoms with Crippen LogP contribution in [0, 0.1) is 5.92 Å². The third-order valence-corrected chi connectivity index (χ3v) is 5.53. The Kier molecular flexibility index (Phi) is 5.25. The van der Waals surface area contributed by atoms with Gasteiger partial charge in [0.2, 0.25) is 0 Å². The van der Waals surface area contributed by atoms with Crippen molar-refractivity contribution in [3.8, 4) is 0 Å². The van der Waals surface area contributed by atoms with Crippen molar-refractivity contribution >= 4 is 17.4 Å². The molecule has 21 heavy (non-hydrogen) atoms. The first-order chi connectivity index (χ1) is 9.93. The van der Waals surface area contributed by atoms with Crippen LogP contribution in [0.15, 0.2) is 6.20 Å². The highest BCUT2D eigenvalue weighted by molar-refractivity contribution is 7.11. The lowest BCUT2D eigenvalue weighted by atomic mass is 10.0. The van der Waals surface area contributed by atoms with E-state index in [0.717, 1.165) is 24.3 Å². The van der Waals surface area contributed by atoms with Gasteiger partial charge in [-0.05, 0) is 39.0 Å². The summed E-state index contributed by atoms with van der Waals surface area (Å²) in [5, 5.41) is 4.12. The minimum atomic E-state index is -0.0246. The van der Waals surface area contributed by atoms with E-state index in [1.807, 2.05) is 18.0 Å². The number of nitrogens with one attached hydrogen (secondary N) is 1. The molecule has 1 saturated carbocycles. The van der Waals surface area contributed by atoms with Gasteiger partial charge in [0.15, 0.2) is 0 Å². The van der Waals surface area contributed by atoms with E-state index in [2.05, 4.69) is 38.0 Å². The number of aromatic nitrogens is 1. The van der Waals surface area contributed by atoms with Gasteiger partial charge >= 0.3 is 6.03 Å². The highest BCUT2D eigenvalue weighted by Gasteiger charge is 2.37. The van der Waals surface area contributed by atoms with Gasteiger partial charge in [-0.1, -0.05) is 20.8 Å². The van der Waals surface area contributed by atoms with E-state index in [0.29, 0.717) is 12.0 Å². The van der Waals surface area contributed by atoms with Gasteiger partial charge in [0.05, 0.1) is 6.04 Å². The van der Waals surface area contributed by atoms with Gasteiger partial charge in [-0.25, -0.2) is 9.78 Å². The number of amides is 2. The summed E-state index contributed by atoms with van der Waals surface area (Å²) in [6.45, 7) is 10.6. The summed E-state index contributed by atoms with van der Waals surface area (Å²) in [7, 11) is 0. The fraction of sp³-hybridized carbons (Fsp3) is 0.750. The molecule has 0 spiro atoms. The zero-order chi connectivity index (χ0) is 15.6. The molecule has 1 aromatic rings. The molecular formula is C16H27N3OS. The molecule has 0 radical (unpaired) electrons. The number of urea groups is 1. The quantitative estimate of drug-likeness (QED) is 0.863. The van der Waals surface area contributed by atoms with Gasteiger partial charge in [-0.2, -0.15) is 0 Å². The summed E-state index contributed by atoms with van der Waals surface area (Å²) in [5.41, 5.74) is 0. The van der Waals surface area contributed by atoms with Crippen LogP contribution in [0.2, 0.25) is 0 Å². The van der Waals surface area contributed by atoms with E-state index in [-0.39, 0.29) is 18.1 Å². The van der Waals surface area contributed by atoms with Crippen molar-refractivity contribution in [3.63, 3.8) is 0 Å². The smallest absolute Gasteiger partial charge is 0.318 e. The zero-order valence-electron chi connectivity index (χ0n) is 13.7. The van der Waals surface area contributed by atoms with Crippen molar-refractivity contribution < 1.29 is 4.79 Å². The highest BCUT2D eigenvalue weighted by atomic mass is 32.1. The minimum absolute atomic E-state index is 0.0246. The second kappa shape index (κ2) is 6.77. The van der Waals surface area contributed by atoms with Crippen LogP contribution in [-0.4, -0.2) is 28.0 Å². The number of carbonyl (C=O) groups excluding carboxylic acids is 1. The Labute approximate surface area is 132 Å². The number of rotatable bonds is 6. The van der Waals surface area contributed by atoms with Gasteiger partial charge < -0.3 is 10.2 Å². The normalized spacial score (nSPS) is 17.6. The Morgan fingerprint density at radius 1 is 1.43 bits per heavy atom. The first-order valence-corrected chi connectivity index (χ1v) is 8.79. The lowest BCUT2D eigenvalue weighted by molar-refractivity contribution is 0.154. The SMILES string of the molecule is CCc1cnc(C(C)NC(=O)N(C2CC2)C(C)C(C)C)s1. The number of aryl methyl sites for hydroxylation is 1. The van der Waals surface area contributed by atoms with Crippen molar-refractivity contribution in [2.45, 2.75) is 72.0 Å². The largest absolute Gasteiger partial charge is 0.329 e. The summed E-state index contributed by atoms with van der Waals surface area (Å²) in [5.74, 6) is 0.471. The average molecular weight is 309 g/mol. The molecule has 4 nitrogen and oxygen atoms in total. The third-order valence-electron chi connectivity index (χ3n) is 4.21. The molecule has 0 aromatic carbocycles. The second-order valence-electron chi connectivity index (χ2n) is 6.31. The maximum absolute atomic E-state index is 12.6. The predicted octanol–water partition coefficient (Wildman–Crippen LogP) is 3.99. The molecule has 0 saturated heterocycles. The van der Waals surface area contributed by atoms with Crippen molar-refractivity contribution in [1.29, 1.82) is 0 Å². The van der Waals surface area contributed by atoms with E-state index in [1.165, 1.54) is 4.88 Å². The second-order valence-corrected chi connectivity index (χ2v) is 7.46. The summed E-state index contributed by atoms with van der Waals surface area (Å²) in [4.78, 5) is 20.3. The molecule has 1 N–H and O–H groups in total. The molecule has 2 rings (SSSR count). The predicted molar refractivity (Wildman–Crippen MR) is 87.6 cm³/mol. The summed E-state index contributed by atoms with van der Waals surface area (Å²) >= 11 is 1.69. The lowest BCUT2D eigenvalue weighted by Gasteiger charge is -2.33. The van der Waals surface area contributed by atoms with Crippen molar-refractivity contribution in [2.24, 2.45) is 5.92 Å². The standard InChI is InChI=1S/C16H27N3OS/c1-6-14-9-17-15(21-14)11(4)18-16(20)19(13-7-8-13)12(5)10(2)3/h9-13H,6-8H2,1-5H3,(H,18,20). The number of thiazole rings is 1. The molecular weight excluding hydrogens is 282 g/mol. The van der Waals surface area contributed by atoms with E-state index in [4.69, 9.17) is 0 Å². The fourth-order valence-electron chi connectivity index (χ4n) is 2.36. The number of hydrogen-bond acceptors (Lipinski definition) is 3. The molecule has 1 aromatic heterocycles. The number of hydrogen-bond donors (Lipinski definition) is 1. The zero-order valence-corrected chi connectivity index (χ0v) is 14.5. The topological polar surface area (TPSA) is 45.2 Å². The van der Waals surface area contributed by atoms with Crippen LogP contribution in [0.25, 0.3) is 0 Å². The lowest BCUT2D eigenvalue weighted by Crippen LogP contribution is -2.48. The van der Waals surface area contributed by atoms with Crippen LogP contribution in [-0.2, 0) is 6.42 Å². The average Bonchev–Trinajstić information content (AvgIpc) is 3.14. The van der Waals surface area contributed by atoms with E-state index in [9.17, 15) is 4.79 Å². The van der Waals surface area contributed by atoms with Gasteiger partial charge in [0.1, 0.15) is 5.01 Å². The highest BCUT2D eigenvalue weighted by Crippen LogP contribution is 2.31. The Hall–Kier alpha value is -1.10. The maximum atomic E-state index is 12.6. The number of carbonyl (C=O) groups is 1. The monoisotopic (exact) mass is 309 g/mol. The van der Waals surface area contributed by atoms with Crippen LogP contribution in [0.5, 0.6) is 0 Å². The van der Waals surface area contributed by atoms with Crippen LogP contribution >= 0.6 is 11.3 Å². The van der Waals surface area contributed by atoms with Crippen LogP contribution in [0.1, 0.15) is 63.4 Å². The third kappa shape index (κ3) is 3.96. The van der Waals surface area contributed by atoms with Crippen molar-refractivity contribution in [3.05, 3.63) is 16.1 Å². The van der Waals surface area contributed by atoms with Crippen LogP contribution < -0.4 is 5.32 Å². The van der Waals surface area contributed by atoms with E-state index < -0.39 is 0 Å². The number of nitrogens with zero attached hydrogens (tertiary/aromatic N) is 2. The summed E-state index contributed by atoms with van der Waals surface area (Å²) in [6, 6.07) is 0.729. The molecule has 2 unspecified atom stereocenters. The molecule has 2 atom stereocenters. The van der Waals surface area contributed by atoms with Crippen LogP contribution in [0.3, 0.4) is 0 Å². The molecule has 2 amide bonds. The minimum Gasteiger partial charge on any atom is -0.329 e. The molecule has 1 fully saturated rings. The summed E-state index contributed by atoms with van der Waals surface area (Å²) in [6.07, 6.45) is 5.18.